The summed E-state index contributed by atoms with van der Waals surface area (Å²) in [6.07, 6.45) is 3.29. The highest BCUT2D eigenvalue weighted by Crippen LogP contribution is 2.26. The molecule has 5 heteroatoms. The number of aryl methyl sites for hydroxylation is 4. The fourth-order valence-corrected chi connectivity index (χ4v) is 3.56. The van der Waals surface area contributed by atoms with Crippen LogP contribution in [0.2, 0.25) is 0 Å². The Morgan fingerprint density at radius 2 is 1.96 bits per heavy atom. The number of halogens is 1. The highest BCUT2D eigenvalue weighted by atomic mass is 79.9. The van der Waals surface area contributed by atoms with Gasteiger partial charge in [-0.2, -0.15) is 5.10 Å². The molecule has 0 aliphatic carbocycles. The zero-order valence-corrected chi connectivity index (χ0v) is 15.8. The van der Waals surface area contributed by atoms with Gasteiger partial charge < -0.3 is 4.57 Å². The normalized spacial score (nSPS) is 11.5. The first-order chi connectivity index (χ1) is 11.1. The summed E-state index contributed by atoms with van der Waals surface area (Å²) in [6.45, 7) is 9.60. The lowest BCUT2D eigenvalue weighted by Crippen LogP contribution is -2.04. The molecule has 0 saturated heterocycles. The first kappa shape index (κ1) is 16.2. The predicted octanol–water partition coefficient (Wildman–Crippen LogP) is 4.96. The Morgan fingerprint density at radius 1 is 1.17 bits per heavy atom. The summed E-state index contributed by atoms with van der Waals surface area (Å²) in [7, 11) is 0. The molecule has 23 heavy (non-hydrogen) atoms. The van der Waals surface area contributed by atoms with Crippen molar-refractivity contribution in [1.82, 2.24) is 19.3 Å². The van der Waals surface area contributed by atoms with Gasteiger partial charge in [-0.05, 0) is 44.0 Å². The topological polar surface area (TPSA) is 35.6 Å². The molecule has 1 aromatic carbocycles. The smallest absolute Gasteiger partial charge is 0.181 e. The molecule has 3 rings (SSSR count). The fourth-order valence-electron chi connectivity index (χ4n) is 3.09. The first-order valence-electron chi connectivity index (χ1n) is 8.28. The zero-order chi connectivity index (χ0) is 16.6. The molecule has 0 spiro atoms. The van der Waals surface area contributed by atoms with Crippen molar-refractivity contribution in [2.45, 2.75) is 53.5 Å². The molecule has 0 saturated carbocycles. The third-order valence-electron chi connectivity index (χ3n) is 4.26. The van der Waals surface area contributed by atoms with Gasteiger partial charge in [0.05, 0.1) is 11.4 Å². The lowest BCUT2D eigenvalue weighted by molar-refractivity contribution is 0.617. The van der Waals surface area contributed by atoms with Gasteiger partial charge in [-0.25, -0.2) is 9.67 Å². The molecular weight excluding hydrogens is 352 g/mol. The average Bonchev–Trinajstić information content (AvgIpc) is 3.03. The van der Waals surface area contributed by atoms with Gasteiger partial charge in [0, 0.05) is 17.4 Å². The van der Waals surface area contributed by atoms with Crippen molar-refractivity contribution >= 4 is 27.1 Å². The molecule has 3 aromatic rings. The molecule has 0 bridgehead atoms. The van der Waals surface area contributed by atoms with E-state index in [2.05, 4.69) is 66.4 Å². The summed E-state index contributed by atoms with van der Waals surface area (Å²) in [6, 6.07) is 6.27. The van der Waals surface area contributed by atoms with E-state index in [9.17, 15) is 0 Å². The van der Waals surface area contributed by atoms with E-state index in [4.69, 9.17) is 10.1 Å². The summed E-state index contributed by atoms with van der Waals surface area (Å²) in [5, 5.41) is 4.77. The SMILES string of the molecule is CCCCn1c(CC)nc2c1c(C)nn2-c1ccc(Br)cc1C. The van der Waals surface area contributed by atoms with E-state index in [0.717, 1.165) is 40.3 Å². The summed E-state index contributed by atoms with van der Waals surface area (Å²) in [5.74, 6) is 1.15. The molecule has 0 N–H and O–H groups in total. The number of aromatic nitrogens is 4. The molecule has 2 aromatic heterocycles. The van der Waals surface area contributed by atoms with Crippen molar-refractivity contribution in [3.05, 3.63) is 39.8 Å². The molecule has 0 radical (unpaired) electrons. The van der Waals surface area contributed by atoms with Crippen LogP contribution in [-0.4, -0.2) is 19.3 Å². The number of rotatable bonds is 5. The molecule has 2 heterocycles. The number of fused-ring (bicyclic) bond motifs is 1. The highest BCUT2D eigenvalue weighted by Gasteiger charge is 2.19. The number of imidazole rings is 1. The van der Waals surface area contributed by atoms with Crippen LogP contribution in [-0.2, 0) is 13.0 Å². The predicted molar refractivity (Wildman–Crippen MR) is 98.3 cm³/mol. The van der Waals surface area contributed by atoms with E-state index in [1.54, 1.807) is 0 Å². The minimum absolute atomic E-state index is 0.942. The van der Waals surface area contributed by atoms with Crippen LogP contribution in [0, 0.1) is 13.8 Å². The number of unbranched alkanes of at least 4 members (excludes halogenated alkanes) is 1. The maximum Gasteiger partial charge on any atom is 0.181 e. The van der Waals surface area contributed by atoms with E-state index < -0.39 is 0 Å². The van der Waals surface area contributed by atoms with Crippen molar-refractivity contribution in [2.75, 3.05) is 0 Å². The van der Waals surface area contributed by atoms with Crippen molar-refractivity contribution in [2.24, 2.45) is 0 Å². The monoisotopic (exact) mass is 374 g/mol. The Morgan fingerprint density at radius 3 is 2.61 bits per heavy atom. The quantitative estimate of drug-likeness (QED) is 0.632. The Labute approximate surface area is 145 Å². The van der Waals surface area contributed by atoms with Crippen molar-refractivity contribution in [3.8, 4) is 5.69 Å². The van der Waals surface area contributed by atoms with Gasteiger partial charge in [-0.3, -0.25) is 0 Å². The standard InChI is InChI=1S/C18H23BrN4/c1-5-7-10-22-16(6-2)20-18-17(22)13(4)21-23(18)15-9-8-14(19)11-12(15)3/h8-9,11H,5-7,10H2,1-4H3. The van der Waals surface area contributed by atoms with Crippen molar-refractivity contribution in [1.29, 1.82) is 0 Å². The summed E-state index contributed by atoms with van der Waals surface area (Å²) in [4.78, 5) is 4.90. The van der Waals surface area contributed by atoms with Crippen LogP contribution in [0.1, 0.15) is 43.8 Å². The zero-order valence-electron chi connectivity index (χ0n) is 14.2. The third-order valence-corrected chi connectivity index (χ3v) is 4.75. The minimum atomic E-state index is 0.942. The minimum Gasteiger partial charge on any atom is -0.325 e. The molecule has 0 atom stereocenters. The molecule has 0 aliphatic rings. The second-order valence-electron chi connectivity index (χ2n) is 5.99. The van der Waals surface area contributed by atoms with Gasteiger partial charge in [0.15, 0.2) is 5.65 Å². The van der Waals surface area contributed by atoms with E-state index in [0.29, 0.717) is 0 Å². The Bertz CT molecular complexity index is 844. The van der Waals surface area contributed by atoms with Crippen LogP contribution in [0.4, 0.5) is 0 Å². The molecule has 0 fully saturated rings. The highest BCUT2D eigenvalue weighted by molar-refractivity contribution is 9.10. The Hall–Kier alpha value is -1.62. The largest absolute Gasteiger partial charge is 0.325 e. The van der Waals surface area contributed by atoms with Gasteiger partial charge in [0.2, 0.25) is 0 Å². The van der Waals surface area contributed by atoms with Crippen LogP contribution in [0.15, 0.2) is 22.7 Å². The maximum absolute atomic E-state index is 4.90. The first-order valence-corrected chi connectivity index (χ1v) is 9.07. The van der Waals surface area contributed by atoms with Crippen LogP contribution >= 0.6 is 15.9 Å². The molecule has 0 amide bonds. The number of hydrogen-bond acceptors (Lipinski definition) is 2. The Kier molecular flexibility index (Phi) is 4.57. The van der Waals surface area contributed by atoms with E-state index in [-0.39, 0.29) is 0 Å². The van der Waals surface area contributed by atoms with Crippen LogP contribution in [0.3, 0.4) is 0 Å². The number of nitrogens with zero attached hydrogens (tertiary/aromatic N) is 4. The molecular formula is C18H23BrN4. The van der Waals surface area contributed by atoms with Gasteiger partial charge in [-0.1, -0.05) is 36.2 Å². The number of hydrogen-bond donors (Lipinski definition) is 0. The lowest BCUT2D eigenvalue weighted by Gasteiger charge is -2.07. The van der Waals surface area contributed by atoms with Crippen LogP contribution < -0.4 is 0 Å². The molecule has 122 valence electrons. The van der Waals surface area contributed by atoms with Crippen molar-refractivity contribution < 1.29 is 0 Å². The fraction of sp³-hybridized carbons (Fsp3) is 0.444. The van der Waals surface area contributed by atoms with Gasteiger partial charge in [-0.15, -0.1) is 0 Å². The van der Waals surface area contributed by atoms with E-state index in [1.165, 1.54) is 23.9 Å². The van der Waals surface area contributed by atoms with Crippen molar-refractivity contribution in [3.63, 3.8) is 0 Å². The molecule has 0 aliphatic heterocycles. The second kappa shape index (κ2) is 6.48. The number of benzene rings is 1. The van der Waals surface area contributed by atoms with Gasteiger partial charge in [0.25, 0.3) is 0 Å². The van der Waals surface area contributed by atoms with E-state index in [1.807, 2.05) is 4.68 Å². The van der Waals surface area contributed by atoms with Crippen LogP contribution in [0.5, 0.6) is 0 Å². The second-order valence-corrected chi connectivity index (χ2v) is 6.90. The Balaban J connectivity index is 2.21. The average molecular weight is 375 g/mol. The van der Waals surface area contributed by atoms with Crippen LogP contribution in [0.25, 0.3) is 16.9 Å². The maximum atomic E-state index is 4.90. The lowest BCUT2D eigenvalue weighted by atomic mass is 10.2. The van der Waals surface area contributed by atoms with Gasteiger partial charge in [0.1, 0.15) is 11.3 Å². The molecule has 0 unspecified atom stereocenters. The van der Waals surface area contributed by atoms with E-state index >= 15 is 0 Å². The third kappa shape index (κ3) is 2.82. The molecule has 4 nitrogen and oxygen atoms in total. The van der Waals surface area contributed by atoms with Gasteiger partial charge >= 0.3 is 0 Å². The summed E-state index contributed by atoms with van der Waals surface area (Å²) >= 11 is 3.53. The summed E-state index contributed by atoms with van der Waals surface area (Å²) < 4.78 is 5.43. The summed E-state index contributed by atoms with van der Waals surface area (Å²) in [5.41, 5.74) is 5.48.